The van der Waals surface area contributed by atoms with Crippen molar-refractivity contribution in [3.05, 3.63) is 11.9 Å². The van der Waals surface area contributed by atoms with E-state index in [-0.39, 0.29) is 11.4 Å². The first-order valence-electron chi connectivity index (χ1n) is 9.60. The average molecular weight is 319 g/mol. The van der Waals surface area contributed by atoms with E-state index in [0.29, 0.717) is 0 Å². The molecule has 0 aliphatic heterocycles. The van der Waals surface area contributed by atoms with E-state index in [9.17, 15) is 5.11 Å². The molecule has 1 saturated carbocycles. The fourth-order valence-corrected chi connectivity index (χ4v) is 3.76. The second-order valence-electron chi connectivity index (χ2n) is 7.44. The third-order valence-electron chi connectivity index (χ3n) is 5.37. The maximum Gasteiger partial charge on any atom is 0.333 e. The quantitative estimate of drug-likeness (QED) is 0.762. The maximum absolute atomic E-state index is 9.58. The van der Waals surface area contributed by atoms with Gasteiger partial charge >= 0.3 is 6.01 Å². The van der Waals surface area contributed by atoms with Crippen molar-refractivity contribution in [2.75, 3.05) is 0 Å². The number of nitrogens with zero attached hydrogens (tertiary/aromatic N) is 3. The van der Waals surface area contributed by atoms with Gasteiger partial charge in [0.1, 0.15) is 0 Å². The molecule has 4 heteroatoms. The number of hydrogen-bond donors (Lipinski definition) is 1. The first-order chi connectivity index (χ1) is 11.2. The van der Waals surface area contributed by atoms with Gasteiger partial charge in [-0.3, -0.25) is 0 Å². The van der Waals surface area contributed by atoms with Crippen LogP contribution in [0.1, 0.15) is 103 Å². The van der Waals surface area contributed by atoms with Gasteiger partial charge in [-0.15, -0.1) is 0 Å². The highest BCUT2D eigenvalue weighted by molar-refractivity contribution is 5.13. The number of rotatable bonds is 1. The summed E-state index contributed by atoms with van der Waals surface area (Å²) in [6.07, 6.45) is 20.2. The molecular weight excluding hydrogens is 286 g/mol. The van der Waals surface area contributed by atoms with E-state index in [0.717, 1.165) is 18.5 Å². The molecule has 1 aliphatic carbocycles. The second kappa shape index (κ2) is 9.84. The third kappa shape index (κ3) is 6.44. The van der Waals surface area contributed by atoms with E-state index in [1.165, 1.54) is 77.0 Å². The molecule has 0 bridgehead atoms. The summed E-state index contributed by atoms with van der Waals surface area (Å²) >= 11 is 0. The molecule has 1 aliphatic rings. The summed E-state index contributed by atoms with van der Waals surface area (Å²) in [5, 5.41) is 17.1. The average Bonchev–Trinajstić information content (AvgIpc) is 2.55. The Morgan fingerprint density at radius 3 is 1.65 bits per heavy atom. The van der Waals surface area contributed by atoms with Gasteiger partial charge in [-0.1, -0.05) is 89.1 Å². The first-order valence-corrected chi connectivity index (χ1v) is 9.60. The lowest BCUT2D eigenvalue weighted by Gasteiger charge is -2.29. The first kappa shape index (κ1) is 18.2. The summed E-state index contributed by atoms with van der Waals surface area (Å²) in [7, 11) is 0. The van der Waals surface area contributed by atoms with Gasteiger partial charge in [0.25, 0.3) is 0 Å². The second-order valence-corrected chi connectivity index (χ2v) is 7.44. The molecular formula is C19H33N3O. The minimum absolute atomic E-state index is 0.0214. The minimum Gasteiger partial charge on any atom is -0.478 e. The number of hydrogen-bond acceptors (Lipinski definition) is 4. The van der Waals surface area contributed by atoms with Crippen LogP contribution in [0.2, 0.25) is 0 Å². The van der Waals surface area contributed by atoms with Crippen LogP contribution >= 0.6 is 0 Å². The zero-order valence-electron chi connectivity index (χ0n) is 14.8. The van der Waals surface area contributed by atoms with Crippen LogP contribution in [0.25, 0.3) is 0 Å². The van der Waals surface area contributed by atoms with Crippen molar-refractivity contribution in [1.29, 1.82) is 0 Å². The van der Waals surface area contributed by atoms with Gasteiger partial charge in [0, 0.05) is 5.41 Å². The summed E-state index contributed by atoms with van der Waals surface area (Å²) in [6, 6.07) is -0.195. The Morgan fingerprint density at radius 2 is 1.22 bits per heavy atom. The van der Waals surface area contributed by atoms with Crippen molar-refractivity contribution in [2.24, 2.45) is 0 Å². The monoisotopic (exact) mass is 319 g/mol. The lowest BCUT2D eigenvalue weighted by atomic mass is 9.77. The molecule has 0 unspecified atom stereocenters. The van der Waals surface area contributed by atoms with Crippen molar-refractivity contribution < 1.29 is 5.11 Å². The highest BCUT2D eigenvalue weighted by Gasteiger charge is 2.28. The Kier molecular flexibility index (Phi) is 7.77. The SMILES string of the molecule is CC1(c2cnnc(O)n2)CCCCCCCCCCCCCC1. The van der Waals surface area contributed by atoms with Crippen LogP contribution in [0.15, 0.2) is 6.20 Å². The van der Waals surface area contributed by atoms with E-state index in [4.69, 9.17) is 0 Å². The highest BCUT2D eigenvalue weighted by Crippen LogP contribution is 2.34. The van der Waals surface area contributed by atoms with Crippen molar-refractivity contribution >= 4 is 0 Å². The van der Waals surface area contributed by atoms with Crippen LogP contribution < -0.4 is 0 Å². The minimum atomic E-state index is -0.195. The van der Waals surface area contributed by atoms with Crippen LogP contribution in [-0.4, -0.2) is 20.3 Å². The molecule has 130 valence electrons. The molecule has 1 aromatic heterocycles. The van der Waals surface area contributed by atoms with Crippen LogP contribution in [0.5, 0.6) is 6.01 Å². The largest absolute Gasteiger partial charge is 0.478 e. The predicted molar refractivity (Wildman–Crippen MR) is 93.5 cm³/mol. The zero-order chi connectivity index (χ0) is 16.4. The van der Waals surface area contributed by atoms with Gasteiger partial charge in [-0.2, -0.15) is 10.1 Å². The Hall–Kier alpha value is -1.19. The van der Waals surface area contributed by atoms with Gasteiger partial charge in [0.15, 0.2) is 0 Å². The molecule has 1 N–H and O–H groups in total. The van der Waals surface area contributed by atoms with Gasteiger partial charge in [0.2, 0.25) is 0 Å². The Bertz CT molecular complexity index is 434. The third-order valence-corrected chi connectivity index (χ3v) is 5.37. The standard InChI is InChI=1S/C19H33N3O/c1-19(17-16-20-22-18(23)21-17)14-12-10-8-6-4-2-3-5-7-9-11-13-15-19/h16H,2-15H2,1H3,(H,21,22,23). The summed E-state index contributed by atoms with van der Waals surface area (Å²) in [4.78, 5) is 4.27. The molecule has 1 heterocycles. The molecule has 23 heavy (non-hydrogen) atoms. The highest BCUT2D eigenvalue weighted by atomic mass is 16.3. The van der Waals surface area contributed by atoms with Crippen LogP contribution in [0, 0.1) is 0 Å². The molecule has 0 radical (unpaired) electrons. The Morgan fingerprint density at radius 1 is 0.783 bits per heavy atom. The number of aromatic nitrogens is 3. The van der Waals surface area contributed by atoms with E-state index >= 15 is 0 Å². The predicted octanol–water partition coefficient (Wildman–Crippen LogP) is 5.31. The molecule has 0 saturated heterocycles. The van der Waals surface area contributed by atoms with E-state index in [2.05, 4.69) is 22.1 Å². The number of aromatic hydroxyl groups is 1. The lowest BCUT2D eigenvalue weighted by Crippen LogP contribution is -2.24. The zero-order valence-corrected chi connectivity index (χ0v) is 14.8. The molecule has 0 amide bonds. The maximum atomic E-state index is 9.58. The Labute approximate surface area is 141 Å². The van der Waals surface area contributed by atoms with Crippen LogP contribution in [0.3, 0.4) is 0 Å². The van der Waals surface area contributed by atoms with Crippen molar-refractivity contribution in [3.8, 4) is 6.01 Å². The normalized spacial score (nSPS) is 22.0. The van der Waals surface area contributed by atoms with Crippen molar-refractivity contribution in [3.63, 3.8) is 0 Å². The fourth-order valence-electron chi connectivity index (χ4n) is 3.76. The van der Waals surface area contributed by atoms with Crippen molar-refractivity contribution in [2.45, 2.75) is 102 Å². The summed E-state index contributed by atoms with van der Waals surface area (Å²) in [6.45, 7) is 2.29. The Balaban J connectivity index is 1.98. The molecule has 2 rings (SSSR count). The molecule has 0 atom stereocenters. The van der Waals surface area contributed by atoms with Gasteiger partial charge < -0.3 is 5.11 Å². The van der Waals surface area contributed by atoms with Crippen LogP contribution in [0.4, 0.5) is 0 Å². The molecule has 0 spiro atoms. The molecule has 1 aromatic rings. The fraction of sp³-hybridized carbons (Fsp3) is 0.842. The van der Waals surface area contributed by atoms with Crippen LogP contribution in [-0.2, 0) is 5.41 Å². The topological polar surface area (TPSA) is 58.9 Å². The van der Waals surface area contributed by atoms with Gasteiger partial charge in [0.05, 0.1) is 11.9 Å². The molecule has 0 aromatic carbocycles. The van der Waals surface area contributed by atoms with Crippen molar-refractivity contribution in [1.82, 2.24) is 15.2 Å². The van der Waals surface area contributed by atoms with E-state index in [1.807, 2.05) is 0 Å². The van der Waals surface area contributed by atoms with Gasteiger partial charge in [-0.05, 0) is 12.8 Å². The summed E-state index contributed by atoms with van der Waals surface area (Å²) in [5.74, 6) is 0. The lowest BCUT2D eigenvalue weighted by molar-refractivity contribution is 0.341. The van der Waals surface area contributed by atoms with Gasteiger partial charge in [-0.25, -0.2) is 0 Å². The summed E-state index contributed by atoms with van der Waals surface area (Å²) in [5.41, 5.74) is 0.933. The van der Waals surface area contributed by atoms with E-state index < -0.39 is 0 Å². The van der Waals surface area contributed by atoms with E-state index in [1.54, 1.807) is 6.20 Å². The molecule has 4 nitrogen and oxygen atoms in total. The molecule has 1 fully saturated rings. The summed E-state index contributed by atoms with van der Waals surface area (Å²) < 4.78 is 0. The smallest absolute Gasteiger partial charge is 0.333 e.